The Balaban J connectivity index is 0.726. The minimum absolute atomic E-state index is 0.00959. The van der Waals surface area contributed by atoms with Crippen LogP contribution in [0, 0.1) is 28.5 Å². The molecule has 2 aromatic heterocycles. The van der Waals surface area contributed by atoms with Crippen molar-refractivity contribution < 1.29 is 33.1 Å². The van der Waals surface area contributed by atoms with Gasteiger partial charge in [-0.05, 0) is 80.1 Å². The maximum Gasteiger partial charge on any atom is 0.272 e. The topological polar surface area (TPSA) is 194 Å². The highest BCUT2D eigenvalue weighted by atomic mass is 19.1. The lowest BCUT2D eigenvalue weighted by Crippen LogP contribution is -2.78. The van der Waals surface area contributed by atoms with Crippen molar-refractivity contribution in [1.29, 1.82) is 5.26 Å². The van der Waals surface area contributed by atoms with E-state index in [0.717, 1.165) is 54.4 Å². The molecular weight excluding hydrogens is 796 g/mol. The summed E-state index contributed by atoms with van der Waals surface area (Å²) < 4.78 is 22.0. The van der Waals surface area contributed by atoms with Crippen LogP contribution in [0.2, 0.25) is 0 Å². The van der Waals surface area contributed by atoms with E-state index in [0.29, 0.717) is 54.7 Å². The van der Waals surface area contributed by atoms with Gasteiger partial charge in [0.25, 0.3) is 17.7 Å². The quantitative estimate of drug-likeness (QED) is 0.258. The average molecular weight is 841 g/mol. The number of anilines is 2. The van der Waals surface area contributed by atoms with Crippen molar-refractivity contribution in [3.8, 4) is 11.8 Å². The highest BCUT2D eigenvalue weighted by molar-refractivity contribution is 6.23. The number of nitriles is 1. The Morgan fingerprint density at radius 3 is 2.37 bits per heavy atom. The maximum absolute atomic E-state index is 15.5. The summed E-state index contributed by atoms with van der Waals surface area (Å²) in [6.07, 6.45) is 3.44. The fourth-order valence-electron chi connectivity index (χ4n) is 11.1. The first kappa shape index (κ1) is 39.6. The number of halogens is 1. The van der Waals surface area contributed by atoms with Crippen molar-refractivity contribution in [2.45, 2.75) is 70.1 Å². The van der Waals surface area contributed by atoms with Gasteiger partial charge in [0.1, 0.15) is 29.8 Å². The third-order valence-electron chi connectivity index (χ3n) is 14.2. The first-order valence-corrected chi connectivity index (χ1v) is 21.2. The first-order valence-electron chi connectivity index (χ1n) is 21.2. The van der Waals surface area contributed by atoms with E-state index in [1.54, 1.807) is 18.3 Å². The zero-order valence-corrected chi connectivity index (χ0v) is 34.6. The summed E-state index contributed by atoms with van der Waals surface area (Å²) in [5, 5.41) is 24.8. The highest BCUT2D eigenvalue weighted by Gasteiger charge is 2.69. The number of piperidine rings is 2. The molecule has 318 valence electrons. The first-order chi connectivity index (χ1) is 29.8. The predicted octanol–water partition coefficient (Wildman–Crippen LogP) is 3.33. The van der Waals surface area contributed by atoms with Crippen LogP contribution in [0.4, 0.5) is 15.9 Å². The van der Waals surface area contributed by atoms with E-state index in [1.165, 1.54) is 6.07 Å². The van der Waals surface area contributed by atoms with Crippen LogP contribution in [0.5, 0.6) is 5.75 Å². The largest absolute Gasteiger partial charge is 0.488 e. The smallest absolute Gasteiger partial charge is 0.272 e. The highest BCUT2D eigenvalue weighted by Crippen LogP contribution is 2.61. The molecule has 0 radical (unpaired) electrons. The van der Waals surface area contributed by atoms with Crippen molar-refractivity contribution in [3.05, 3.63) is 82.4 Å². The standard InChI is InChI=1S/C45H45FN10O6/c1-44(2)42(45(3)28-10-13-48-37-25(22-47)4-7-33(36(28)37)62-43(44)45)50-38(58)30-5-8-34(52-51-30)55-14-11-24(12-15-55)23-53-16-18-54(19-17-53)32-21-27-26(20-29(32)46)40(60)56(41(27)61)31-6-9-35(57)49-39(31)59/h4-5,7-8,10,13,20-21,24,31,42-43H,6,9,11-12,14-19,23H2,1-3H3,(H,50,58)(H,49,57,59)/t31?,42-,43-,45?/m0/s1. The molecule has 1 aliphatic carbocycles. The molecule has 0 spiro atoms. The Kier molecular flexibility index (Phi) is 9.28. The molecule has 2 aromatic carbocycles. The van der Waals surface area contributed by atoms with Crippen LogP contribution in [-0.2, 0) is 15.0 Å². The zero-order chi connectivity index (χ0) is 43.2. The number of carbonyl (C=O) groups excluding carboxylic acids is 5. The second-order valence-corrected chi connectivity index (χ2v) is 18.1. The van der Waals surface area contributed by atoms with Crippen molar-refractivity contribution in [2.24, 2.45) is 11.3 Å². The van der Waals surface area contributed by atoms with Gasteiger partial charge in [0.05, 0.1) is 39.4 Å². The van der Waals surface area contributed by atoms with E-state index in [4.69, 9.17) is 4.74 Å². The van der Waals surface area contributed by atoms with Gasteiger partial charge < -0.3 is 19.9 Å². The summed E-state index contributed by atoms with van der Waals surface area (Å²) in [7, 11) is 0. The molecule has 4 fully saturated rings. The van der Waals surface area contributed by atoms with E-state index in [2.05, 4.69) is 62.5 Å². The predicted molar refractivity (Wildman–Crippen MR) is 222 cm³/mol. The van der Waals surface area contributed by atoms with Crippen LogP contribution < -0.4 is 25.2 Å². The second kappa shape index (κ2) is 14.5. The molecule has 10 rings (SSSR count). The van der Waals surface area contributed by atoms with Crippen LogP contribution in [0.3, 0.4) is 0 Å². The molecule has 4 aromatic rings. The number of hydrogen-bond acceptors (Lipinski definition) is 13. The minimum atomic E-state index is -1.11. The summed E-state index contributed by atoms with van der Waals surface area (Å²) >= 11 is 0. The molecule has 1 saturated carbocycles. The SMILES string of the molecule is CC1(C)[C@H](NC(=O)c2ccc(N3CCC(CN4CCN(c5cc6c(cc5F)C(=O)N(C5CCC(=O)NC5=O)C6=O)CC4)CC3)nn2)C2(C)c3ccnc4c(C#N)ccc(c34)O[C@@H]12. The molecule has 4 atom stereocenters. The molecule has 2 unspecified atom stereocenters. The number of carbonyl (C=O) groups is 5. The van der Waals surface area contributed by atoms with E-state index in [-0.39, 0.29) is 53.4 Å². The molecule has 17 heteroatoms. The van der Waals surface area contributed by atoms with Gasteiger partial charge in [0, 0.05) is 69.2 Å². The number of rotatable bonds is 7. The van der Waals surface area contributed by atoms with E-state index < -0.39 is 46.3 Å². The lowest BCUT2D eigenvalue weighted by Gasteiger charge is -2.66. The third kappa shape index (κ3) is 6.09. The molecule has 5 amide bonds. The number of ether oxygens (including phenoxy) is 1. The number of fused-ring (bicyclic) bond motifs is 3. The molecule has 2 N–H and O–H groups in total. The van der Waals surface area contributed by atoms with E-state index >= 15 is 4.39 Å². The molecule has 7 heterocycles. The number of nitrogens with zero attached hydrogens (tertiary/aromatic N) is 8. The van der Waals surface area contributed by atoms with Gasteiger partial charge in [-0.25, -0.2) is 4.39 Å². The molecule has 5 aliphatic heterocycles. The number of pyridine rings is 1. The summed E-state index contributed by atoms with van der Waals surface area (Å²) in [4.78, 5) is 76.1. The van der Waals surface area contributed by atoms with Crippen molar-refractivity contribution in [3.63, 3.8) is 0 Å². The molecule has 62 heavy (non-hydrogen) atoms. The summed E-state index contributed by atoms with van der Waals surface area (Å²) in [6.45, 7) is 11.2. The number of piperazine rings is 1. The minimum Gasteiger partial charge on any atom is -0.488 e. The van der Waals surface area contributed by atoms with Gasteiger partial charge in [0.15, 0.2) is 11.5 Å². The normalized spacial score (nSPS) is 25.7. The van der Waals surface area contributed by atoms with Crippen LogP contribution in [0.1, 0.15) is 88.8 Å². The zero-order valence-electron chi connectivity index (χ0n) is 34.6. The van der Waals surface area contributed by atoms with Gasteiger partial charge in [-0.1, -0.05) is 13.8 Å². The number of hydrogen-bond donors (Lipinski definition) is 2. The summed E-state index contributed by atoms with van der Waals surface area (Å²) in [6, 6.07) is 12.4. The monoisotopic (exact) mass is 840 g/mol. The van der Waals surface area contributed by atoms with Crippen molar-refractivity contribution in [1.82, 2.24) is 35.6 Å². The third-order valence-corrected chi connectivity index (χ3v) is 14.2. The van der Waals surface area contributed by atoms with Crippen LogP contribution >= 0.6 is 0 Å². The number of benzene rings is 2. The Morgan fingerprint density at radius 2 is 1.68 bits per heavy atom. The molecule has 16 nitrogen and oxygen atoms in total. The lowest BCUT2D eigenvalue weighted by molar-refractivity contribution is -0.136. The van der Waals surface area contributed by atoms with E-state index in [1.807, 2.05) is 23.1 Å². The summed E-state index contributed by atoms with van der Waals surface area (Å²) in [5.74, 6) is -1.61. The van der Waals surface area contributed by atoms with E-state index in [9.17, 15) is 29.2 Å². The van der Waals surface area contributed by atoms with Gasteiger partial charge in [-0.15, -0.1) is 10.2 Å². The van der Waals surface area contributed by atoms with Crippen LogP contribution in [0.25, 0.3) is 10.9 Å². The second-order valence-electron chi connectivity index (χ2n) is 18.1. The van der Waals surface area contributed by atoms with Crippen LogP contribution in [-0.4, -0.2) is 119 Å². The Labute approximate surface area is 356 Å². The molecular formula is C45H45FN10O6. The van der Waals surface area contributed by atoms with Crippen molar-refractivity contribution >= 4 is 51.9 Å². The number of aromatic nitrogens is 3. The molecule has 0 bridgehead atoms. The fraction of sp³-hybridized carbons (Fsp3) is 0.444. The molecule has 3 saturated heterocycles. The number of nitrogens with one attached hydrogen (secondary N) is 2. The van der Waals surface area contributed by atoms with Gasteiger partial charge in [-0.3, -0.25) is 44.1 Å². The maximum atomic E-state index is 15.5. The number of imide groups is 2. The Bertz CT molecular complexity index is 2630. The van der Waals surface area contributed by atoms with Gasteiger partial charge in [0.2, 0.25) is 11.8 Å². The average Bonchev–Trinajstić information content (AvgIpc) is 3.51. The summed E-state index contributed by atoms with van der Waals surface area (Å²) in [5.41, 5.74) is 1.55. The van der Waals surface area contributed by atoms with Gasteiger partial charge in [-0.2, -0.15) is 5.26 Å². The number of amides is 5. The van der Waals surface area contributed by atoms with Gasteiger partial charge >= 0.3 is 0 Å². The molecule has 6 aliphatic rings. The van der Waals surface area contributed by atoms with Crippen molar-refractivity contribution in [2.75, 3.05) is 55.6 Å². The Hall–Kier alpha value is -6.54. The van der Waals surface area contributed by atoms with Crippen LogP contribution in [0.15, 0.2) is 48.7 Å². The lowest BCUT2D eigenvalue weighted by atomic mass is 9.45. The Morgan fingerprint density at radius 1 is 0.935 bits per heavy atom. The fourth-order valence-corrected chi connectivity index (χ4v) is 11.1.